The molecule has 0 radical (unpaired) electrons. The third-order valence-corrected chi connectivity index (χ3v) is 5.35. The summed E-state index contributed by atoms with van der Waals surface area (Å²) in [5, 5.41) is 9.21. The van der Waals surface area contributed by atoms with E-state index in [4.69, 9.17) is 4.74 Å². The average Bonchev–Trinajstić information content (AvgIpc) is 2.66. The average molecular weight is 291 g/mol. The third-order valence-electron chi connectivity index (χ3n) is 3.58. The number of carbonyl (C=O) groups is 1. The molecule has 2 rings (SSSR count). The molecule has 6 nitrogen and oxygen atoms in total. The van der Waals surface area contributed by atoms with Crippen LogP contribution in [0, 0.1) is 5.92 Å². The molecular weight excluding hydrogens is 270 g/mol. The van der Waals surface area contributed by atoms with Gasteiger partial charge in [-0.05, 0) is 20.3 Å². The van der Waals surface area contributed by atoms with Gasteiger partial charge in [0.2, 0.25) is 5.91 Å². The molecule has 2 saturated heterocycles. The minimum absolute atomic E-state index is 0.0482. The summed E-state index contributed by atoms with van der Waals surface area (Å²) in [5.41, 5.74) is -0.515. The molecule has 0 saturated carbocycles. The predicted octanol–water partition coefficient (Wildman–Crippen LogP) is -0.581. The van der Waals surface area contributed by atoms with Crippen LogP contribution in [0.2, 0.25) is 0 Å². The Balaban J connectivity index is 2.06. The van der Waals surface area contributed by atoms with Crippen molar-refractivity contribution in [2.75, 3.05) is 31.2 Å². The summed E-state index contributed by atoms with van der Waals surface area (Å²) in [4.78, 5) is 14.0. The largest absolute Gasteiger partial charge is 0.394 e. The molecule has 0 aromatic heterocycles. The van der Waals surface area contributed by atoms with Crippen LogP contribution in [0.5, 0.6) is 0 Å². The number of hydrogen-bond donors (Lipinski definition) is 1. The van der Waals surface area contributed by atoms with Crippen molar-refractivity contribution in [3.8, 4) is 0 Å². The van der Waals surface area contributed by atoms with Crippen molar-refractivity contribution in [1.82, 2.24) is 4.90 Å². The van der Waals surface area contributed by atoms with Gasteiger partial charge in [0.25, 0.3) is 0 Å². The van der Waals surface area contributed by atoms with Gasteiger partial charge in [0.15, 0.2) is 9.84 Å². The zero-order valence-corrected chi connectivity index (χ0v) is 12.1. The summed E-state index contributed by atoms with van der Waals surface area (Å²) in [5.74, 6) is -0.511. The summed E-state index contributed by atoms with van der Waals surface area (Å²) < 4.78 is 28.5. The maximum Gasteiger partial charge on any atom is 0.226 e. The number of ether oxygens (including phenoxy) is 1. The molecule has 0 aromatic rings. The highest BCUT2D eigenvalue weighted by molar-refractivity contribution is 7.91. The quantitative estimate of drug-likeness (QED) is 0.736. The summed E-state index contributed by atoms with van der Waals surface area (Å²) in [7, 11) is -3.06. The van der Waals surface area contributed by atoms with Crippen LogP contribution in [0.25, 0.3) is 0 Å². The van der Waals surface area contributed by atoms with E-state index in [2.05, 4.69) is 0 Å². The van der Waals surface area contributed by atoms with Gasteiger partial charge in [0, 0.05) is 13.1 Å². The number of nitrogens with zero attached hydrogens (tertiary/aromatic N) is 1. The molecule has 0 aliphatic carbocycles. The number of rotatable bonds is 2. The molecule has 2 unspecified atom stereocenters. The van der Waals surface area contributed by atoms with E-state index in [0.29, 0.717) is 19.5 Å². The molecule has 2 fully saturated rings. The number of aliphatic hydroxyl groups is 1. The Hall–Kier alpha value is -0.660. The maximum atomic E-state index is 12.4. The molecule has 19 heavy (non-hydrogen) atoms. The van der Waals surface area contributed by atoms with Crippen LogP contribution in [0.1, 0.15) is 20.3 Å². The Bertz CT molecular complexity index is 459. The molecule has 0 spiro atoms. The van der Waals surface area contributed by atoms with E-state index >= 15 is 0 Å². The molecule has 1 N–H and O–H groups in total. The van der Waals surface area contributed by atoms with Gasteiger partial charge >= 0.3 is 0 Å². The van der Waals surface area contributed by atoms with Crippen molar-refractivity contribution < 1.29 is 23.1 Å². The van der Waals surface area contributed by atoms with E-state index in [9.17, 15) is 18.3 Å². The first kappa shape index (κ1) is 14.7. The first-order chi connectivity index (χ1) is 8.72. The molecule has 2 aliphatic heterocycles. The van der Waals surface area contributed by atoms with Gasteiger partial charge in [-0.25, -0.2) is 8.42 Å². The molecular formula is C12H21NO5S. The second-order valence-corrected chi connectivity index (χ2v) is 8.23. The van der Waals surface area contributed by atoms with Crippen LogP contribution in [0.15, 0.2) is 0 Å². The first-order valence-electron chi connectivity index (χ1n) is 6.50. The van der Waals surface area contributed by atoms with Gasteiger partial charge in [-0.1, -0.05) is 0 Å². The Labute approximate surface area is 113 Å². The summed E-state index contributed by atoms with van der Waals surface area (Å²) in [6, 6.07) is 0. The monoisotopic (exact) mass is 291 g/mol. The minimum atomic E-state index is -3.06. The predicted molar refractivity (Wildman–Crippen MR) is 69.4 cm³/mol. The normalized spacial score (nSPS) is 33.3. The van der Waals surface area contributed by atoms with Crippen molar-refractivity contribution in [3.63, 3.8) is 0 Å². The number of carbonyl (C=O) groups excluding carboxylic acids is 1. The molecule has 0 aromatic carbocycles. The van der Waals surface area contributed by atoms with Crippen LogP contribution >= 0.6 is 0 Å². The highest BCUT2D eigenvalue weighted by Crippen LogP contribution is 2.26. The Kier molecular flexibility index (Phi) is 3.90. The van der Waals surface area contributed by atoms with Gasteiger partial charge < -0.3 is 14.7 Å². The Morgan fingerprint density at radius 3 is 2.68 bits per heavy atom. The number of aliphatic hydroxyl groups excluding tert-OH is 1. The summed E-state index contributed by atoms with van der Waals surface area (Å²) >= 11 is 0. The van der Waals surface area contributed by atoms with E-state index in [-0.39, 0.29) is 24.0 Å². The lowest BCUT2D eigenvalue weighted by atomic mass is 10.0. The van der Waals surface area contributed by atoms with E-state index in [1.165, 1.54) is 0 Å². The van der Waals surface area contributed by atoms with Crippen molar-refractivity contribution >= 4 is 15.7 Å². The molecule has 1 amide bonds. The molecule has 0 bridgehead atoms. The van der Waals surface area contributed by atoms with Gasteiger partial charge in [0.1, 0.15) is 0 Å². The van der Waals surface area contributed by atoms with Gasteiger partial charge in [-0.3, -0.25) is 4.79 Å². The third kappa shape index (κ3) is 3.46. The Morgan fingerprint density at radius 2 is 2.16 bits per heavy atom. The highest BCUT2D eigenvalue weighted by Gasteiger charge is 2.40. The van der Waals surface area contributed by atoms with E-state index in [1.54, 1.807) is 4.90 Å². The molecule has 2 aliphatic rings. The van der Waals surface area contributed by atoms with Crippen LogP contribution in [0.4, 0.5) is 0 Å². The summed E-state index contributed by atoms with van der Waals surface area (Å²) in [6.07, 6.45) is 0.00801. The zero-order valence-electron chi connectivity index (χ0n) is 11.3. The second kappa shape index (κ2) is 5.03. The smallest absolute Gasteiger partial charge is 0.226 e. The zero-order chi connectivity index (χ0) is 14.3. The molecule has 2 atom stereocenters. The van der Waals surface area contributed by atoms with Crippen molar-refractivity contribution in [2.24, 2.45) is 5.92 Å². The van der Waals surface area contributed by atoms with Crippen molar-refractivity contribution in [3.05, 3.63) is 0 Å². The molecule has 7 heteroatoms. The van der Waals surface area contributed by atoms with Crippen LogP contribution in [0.3, 0.4) is 0 Å². The lowest BCUT2D eigenvalue weighted by Crippen LogP contribution is -2.56. The highest BCUT2D eigenvalue weighted by atomic mass is 32.2. The van der Waals surface area contributed by atoms with Gasteiger partial charge in [0.05, 0.1) is 35.7 Å². The first-order valence-corrected chi connectivity index (χ1v) is 8.32. The SMILES string of the molecule is CC1(C)CN(C(=O)C2CCS(=O)(=O)C2)CC(CO)O1. The lowest BCUT2D eigenvalue weighted by Gasteiger charge is -2.43. The fourth-order valence-corrected chi connectivity index (χ4v) is 4.54. The molecule has 2 heterocycles. The van der Waals surface area contributed by atoms with Crippen LogP contribution in [-0.4, -0.2) is 67.2 Å². The van der Waals surface area contributed by atoms with Crippen LogP contribution < -0.4 is 0 Å². The van der Waals surface area contributed by atoms with E-state index < -0.39 is 27.5 Å². The van der Waals surface area contributed by atoms with E-state index in [0.717, 1.165) is 0 Å². The standard InChI is InChI=1S/C12H21NO5S/c1-12(2)8-13(5-10(6-14)18-12)11(15)9-3-4-19(16,17)7-9/h9-10,14H,3-8H2,1-2H3. The summed E-state index contributed by atoms with van der Waals surface area (Å²) in [6.45, 7) is 4.34. The van der Waals surface area contributed by atoms with Crippen molar-refractivity contribution in [1.29, 1.82) is 0 Å². The van der Waals surface area contributed by atoms with Crippen LogP contribution in [-0.2, 0) is 19.4 Å². The fraction of sp³-hybridized carbons (Fsp3) is 0.917. The number of morpholine rings is 1. The number of sulfone groups is 1. The van der Waals surface area contributed by atoms with E-state index in [1.807, 2.05) is 13.8 Å². The fourth-order valence-electron chi connectivity index (χ4n) is 2.81. The Morgan fingerprint density at radius 1 is 1.47 bits per heavy atom. The second-order valence-electron chi connectivity index (χ2n) is 6.00. The lowest BCUT2D eigenvalue weighted by molar-refractivity contribution is -0.169. The number of hydrogen-bond acceptors (Lipinski definition) is 5. The minimum Gasteiger partial charge on any atom is -0.394 e. The molecule has 110 valence electrons. The van der Waals surface area contributed by atoms with Gasteiger partial charge in [-0.2, -0.15) is 0 Å². The topological polar surface area (TPSA) is 83.9 Å². The van der Waals surface area contributed by atoms with Gasteiger partial charge in [-0.15, -0.1) is 0 Å². The number of amides is 1. The maximum absolute atomic E-state index is 12.4. The van der Waals surface area contributed by atoms with Crippen molar-refractivity contribution in [2.45, 2.75) is 32.0 Å².